The number of carbonyl (C=O) groups is 1. The molecule has 1 aromatic carbocycles. The number of aryl methyl sites for hydroxylation is 2. The van der Waals surface area contributed by atoms with Crippen LogP contribution in [0, 0.1) is 0 Å². The molecule has 1 N–H and O–H groups in total. The average Bonchev–Trinajstić information content (AvgIpc) is 3.08. The molecule has 2 aromatic rings. The number of carboxylic acid groups (broad SMARTS) is 1. The van der Waals surface area contributed by atoms with Crippen molar-refractivity contribution in [1.82, 2.24) is 9.78 Å². The van der Waals surface area contributed by atoms with Crippen LogP contribution in [0.5, 0.6) is 0 Å². The molecule has 0 saturated carbocycles. The summed E-state index contributed by atoms with van der Waals surface area (Å²) in [5.74, 6) is -1.12. The van der Waals surface area contributed by atoms with E-state index in [1.54, 1.807) is 0 Å². The number of rotatable bonds is 3. The molecule has 0 bridgehead atoms. The SMILES string of the molecule is O=C(O)C1CCN(Cc2cc3n(n2)CCC3)c2ccccc21. The monoisotopic (exact) mass is 297 g/mol. The molecular formula is C17H19N3O2. The number of anilines is 1. The highest BCUT2D eigenvalue weighted by Gasteiger charge is 2.30. The molecule has 0 amide bonds. The van der Waals surface area contributed by atoms with Crippen LogP contribution in [0.25, 0.3) is 0 Å². The van der Waals surface area contributed by atoms with E-state index in [0.717, 1.165) is 43.0 Å². The quantitative estimate of drug-likeness (QED) is 0.945. The Kier molecular flexibility index (Phi) is 3.13. The molecule has 114 valence electrons. The van der Waals surface area contributed by atoms with E-state index < -0.39 is 5.97 Å². The van der Waals surface area contributed by atoms with Gasteiger partial charge in [-0.1, -0.05) is 18.2 Å². The van der Waals surface area contributed by atoms with Crippen molar-refractivity contribution in [1.29, 1.82) is 0 Å². The van der Waals surface area contributed by atoms with Gasteiger partial charge < -0.3 is 10.0 Å². The Morgan fingerprint density at radius 1 is 1.32 bits per heavy atom. The molecule has 4 rings (SSSR count). The first kappa shape index (κ1) is 13.4. The van der Waals surface area contributed by atoms with E-state index in [2.05, 4.69) is 20.7 Å². The van der Waals surface area contributed by atoms with Crippen LogP contribution in [-0.4, -0.2) is 27.4 Å². The van der Waals surface area contributed by atoms with Gasteiger partial charge in [-0.3, -0.25) is 9.48 Å². The summed E-state index contributed by atoms with van der Waals surface area (Å²) in [4.78, 5) is 13.7. The van der Waals surface area contributed by atoms with Gasteiger partial charge in [0.2, 0.25) is 0 Å². The van der Waals surface area contributed by atoms with Gasteiger partial charge in [0.25, 0.3) is 0 Å². The van der Waals surface area contributed by atoms with Gasteiger partial charge in [0.1, 0.15) is 0 Å². The van der Waals surface area contributed by atoms with Gasteiger partial charge in [0.15, 0.2) is 0 Å². The summed E-state index contributed by atoms with van der Waals surface area (Å²) in [6.07, 6.45) is 2.96. The van der Waals surface area contributed by atoms with Crippen LogP contribution in [0.1, 0.15) is 35.7 Å². The second-order valence-corrected chi connectivity index (χ2v) is 6.11. The van der Waals surface area contributed by atoms with Crippen molar-refractivity contribution in [3.63, 3.8) is 0 Å². The minimum atomic E-state index is -0.729. The maximum Gasteiger partial charge on any atom is 0.311 e. The van der Waals surface area contributed by atoms with E-state index in [4.69, 9.17) is 0 Å². The van der Waals surface area contributed by atoms with Crippen LogP contribution in [0.4, 0.5) is 5.69 Å². The van der Waals surface area contributed by atoms with Gasteiger partial charge in [0, 0.05) is 24.5 Å². The van der Waals surface area contributed by atoms with E-state index in [1.807, 2.05) is 24.3 Å². The summed E-state index contributed by atoms with van der Waals surface area (Å²) in [6, 6.07) is 10.0. The topological polar surface area (TPSA) is 58.4 Å². The highest BCUT2D eigenvalue weighted by molar-refractivity contribution is 5.80. The van der Waals surface area contributed by atoms with Crippen LogP contribution in [-0.2, 0) is 24.3 Å². The number of para-hydroxylation sites is 1. The predicted octanol–water partition coefficient (Wildman–Crippen LogP) is 2.41. The van der Waals surface area contributed by atoms with Gasteiger partial charge in [-0.2, -0.15) is 5.10 Å². The third kappa shape index (κ3) is 2.17. The van der Waals surface area contributed by atoms with Crippen molar-refractivity contribution < 1.29 is 9.90 Å². The standard InChI is InChI=1S/C17H19N3O2/c21-17(22)15-7-9-19(16-6-2-1-5-14(15)16)11-12-10-13-4-3-8-20(13)18-12/h1-2,5-6,10,15H,3-4,7-9,11H2,(H,21,22). The molecule has 0 aliphatic carbocycles. The maximum absolute atomic E-state index is 11.4. The number of hydrogen-bond acceptors (Lipinski definition) is 3. The molecule has 2 aliphatic heterocycles. The molecule has 1 unspecified atom stereocenters. The lowest BCUT2D eigenvalue weighted by molar-refractivity contribution is -0.139. The van der Waals surface area contributed by atoms with E-state index >= 15 is 0 Å². The van der Waals surface area contributed by atoms with Crippen LogP contribution in [0.2, 0.25) is 0 Å². The Morgan fingerprint density at radius 3 is 3.00 bits per heavy atom. The molecule has 0 saturated heterocycles. The molecule has 2 aliphatic rings. The van der Waals surface area contributed by atoms with Gasteiger partial charge in [0.05, 0.1) is 18.2 Å². The molecule has 1 atom stereocenters. The number of aromatic nitrogens is 2. The minimum absolute atomic E-state index is 0.389. The minimum Gasteiger partial charge on any atom is -0.481 e. The predicted molar refractivity (Wildman–Crippen MR) is 83.0 cm³/mol. The number of fused-ring (bicyclic) bond motifs is 2. The molecule has 5 heteroatoms. The highest BCUT2D eigenvalue weighted by Crippen LogP contribution is 2.36. The fourth-order valence-corrected chi connectivity index (χ4v) is 3.64. The molecule has 0 radical (unpaired) electrons. The number of nitrogens with zero attached hydrogens (tertiary/aromatic N) is 3. The largest absolute Gasteiger partial charge is 0.481 e. The van der Waals surface area contributed by atoms with Crippen LogP contribution in [0.3, 0.4) is 0 Å². The number of carboxylic acids is 1. The molecule has 3 heterocycles. The Labute approximate surface area is 129 Å². The van der Waals surface area contributed by atoms with E-state index in [0.29, 0.717) is 6.42 Å². The lowest BCUT2D eigenvalue weighted by Gasteiger charge is -2.33. The van der Waals surface area contributed by atoms with Crippen LogP contribution in [0.15, 0.2) is 30.3 Å². The lowest BCUT2D eigenvalue weighted by Crippen LogP contribution is -2.33. The first-order valence-electron chi connectivity index (χ1n) is 7.84. The molecule has 0 spiro atoms. The fraction of sp³-hybridized carbons (Fsp3) is 0.412. The van der Waals surface area contributed by atoms with Crippen molar-refractivity contribution in [2.75, 3.05) is 11.4 Å². The van der Waals surface area contributed by atoms with E-state index in [9.17, 15) is 9.90 Å². The smallest absolute Gasteiger partial charge is 0.311 e. The van der Waals surface area contributed by atoms with Crippen LogP contribution >= 0.6 is 0 Å². The third-order valence-corrected chi connectivity index (χ3v) is 4.71. The Bertz CT molecular complexity index is 701. The molecular weight excluding hydrogens is 278 g/mol. The summed E-state index contributed by atoms with van der Waals surface area (Å²) in [6.45, 7) is 2.53. The summed E-state index contributed by atoms with van der Waals surface area (Å²) >= 11 is 0. The Morgan fingerprint density at radius 2 is 2.18 bits per heavy atom. The van der Waals surface area contributed by atoms with Crippen molar-refractivity contribution in [2.24, 2.45) is 0 Å². The summed E-state index contributed by atoms with van der Waals surface area (Å²) in [5.41, 5.74) is 4.37. The van der Waals surface area contributed by atoms with Gasteiger partial charge in [-0.05, 0) is 37.0 Å². The first-order chi connectivity index (χ1) is 10.7. The molecule has 1 aromatic heterocycles. The Hall–Kier alpha value is -2.30. The average molecular weight is 297 g/mol. The zero-order chi connectivity index (χ0) is 15.1. The number of benzene rings is 1. The Balaban J connectivity index is 1.62. The number of hydrogen-bond donors (Lipinski definition) is 1. The first-order valence-corrected chi connectivity index (χ1v) is 7.84. The molecule has 22 heavy (non-hydrogen) atoms. The van der Waals surface area contributed by atoms with Gasteiger partial charge in [-0.15, -0.1) is 0 Å². The highest BCUT2D eigenvalue weighted by atomic mass is 16.4. The number of aliphatic carboxylic acids is 1. The molecule has 0 fully saturated rings. The second-order valence-electron chi connectivity index (χ2n) is 6.11. The van der Waals surface area contributed by atoms with Crippen molar-refractivity contribution in [3.8, 4) is 0 Å². The lowest BCUT2D eigenvalue weighted by atomic mass is 9.90. The third-order valence-electron chi connectivity index (χ3n) is 4.71. The fourth-order valence-electron chi connectivity index (χ4n) is 3.64. The van der Waals surface area contributed by atoms with E-state index in [-0.39, 0.29) is 5.92 Å². The normalized spacial score (nSPS) is 19.8. The summed E-state index contributed by atoms with van der Waals surface area (Å²) < 4.78 is 2.10. The maximum atomic E-state index is 11.4. The summed E-state index contributed by atoms with van der Waals surface area (Å²) in [7, 11) is 0. The van der Waals surface area contributed by atoms with Crippen molar-refractivity contribution >= 4 is 11.7 Å². The van der Waals surface area contributed by atoms with Crippen molar-refractivity contribution in [3.05, 3.63) is 47.3 Å². The van der Waals surface area contributed by atoms with Gasteiger partial charge >= 0.3 is 5.97 Å². The van der Waals surface area contributed by atoms with Crippen LogP contribution < -0.4 is 4.90 Å². The van der Waals surface area contributed by atoms with E-state index in [1.165, 1.54) is 12.1 Å². The zero-order valence-electron chi connectivity index (χ0n) is 12.4. The molecule has 5 nitrogen and oxygen atoms in total. The summed E-state index contributed by atoms with van der Waals surface area (Å²) in [5, 5.41) is 14.1. The van der Waals surface area contributed by atoms with Gasteiger partial charge in [-0.25, -0.2) is 0 Å². The second kappa shape index (κ2) is 5.16. The zero-order valence-corrected chi connectivity index (χ0v) is 12.4. The van der Waals surface area contributed by atoms with Crippen molar-refractivity contribution in [2.45, 2.75) is 38.3 Å².